The maximum absolute atomic E-state index is 12.3. The molecule has 1 atom stereocenters. The highest BCUT2D eigenvalue weighted by molar-refractivity contribution is 6.31. The lowest BCUT2D eigenvalue weighted by Gasteiger charge is -2.36. The minimum absolute atomic E-state index is 0.0689. The van der Waals surface area contributed by atoms with Gasteiger partial charge in [-0.25, -0.2) is 0 Å². The number of hydrogen-bond acceptors (Lipinski definition) is 6. The number of anilines is 1. The van der Waals surface area contributed by atoms with Crippen LogP contribution in [-0.4, -0.2) is 67.9 Å². The average molecular weight is 461 g/mol. The molecule has 0 spiro atoms. The lowest BCUT2D eigenvalue weighted by atomic mass is 9.83. The standard InChI is InChI=1S/C24H33ClN4O3/c25-19-3-6-21-22(15-19)32-27-23(21)29-12-10-28(11-13-29)9-7-17-1-4-20(5-2-17)26-24(30)18-8-14-31-16-18/h3,6,15,17-18,20H,1-2,4-5,7-14,16H2,(H,26,30)/t17-,18?,20-. The highest BCUT2D eigenvalue weighted by Crippen LogP contribution is 2.30. The summed E-state index contributed by atoms with van der Waals surface area (Å²) in [6.45, 7) is 6.51. The molecule has 1 aliphatic carbocycles. The van der Waals surface area contributed by atoms with E-state index in [1.165, 1.54) is 19.3 Å². The van der Waals surface area contributed by atoms with Crippen molar-refractivity contribution < 1.29 is 14.1 Å². The Morgan fingerprint density at radius 1 is 1.12 bits per heavy atom. The van der Waals surface area contributed by atoms with Gasteiger partial charge < -0.3 is 19.5 Å². The second-order valence-corrected chi connectivity index (χ2v) is 9.99. The number of amides is 1. The van der Waals surface area contributed by atoms with Gasteiger partial charge in [0.2, 0.25) is 5.91 Å². The van der Waals surface area contributed by atoms with Crippen LogP contribution in [0.2, 0.25) is 5.02 Å². The Kier molecular flexibility index (Phi) is 6.85. The molecule has 1 aromatic carbocycles. The number of aromatic nitrogens is 1. The normalized spacial score (nSPS) is 27.2. The molecule has 5 rings (SSSR count). The summed E-state index contributed by atoms with van der Waals surface area (Å²) in [6.07, 6.45) is 6.79. The van der Waals surface area contributed by atoms with Crippen molar-refractivity contribution in [1.29, 1.82) is 0 Å². The highest BCUT2D eigenvalue weighted by Gasteiger charge is 2.28. The van der Waals surface area contributed by atoms with Gasteiger partial charge in [0.25, 0.3) is 0 Å². The number of piperazine rings is 1. The third kappa shape index (κ3) is 5.05. The Morgan fingerprint density at radius 3 is 2.69 bits per heavy atom. The molecule has 0 bridgehead atoms. The molecule has 7 nitrogen and oxygen atoms in total. The van der Waals surface area contributed by atoms with Crippen molar-refractivity contribution in [3.8, 4) is 0 Å². The molecule has 1 unspecified atom stereocenters. The first-order valence-electron chi connectivity index (χ1n) is 12.1. The lowest BCUT2D eigenvalue weighted by molar-refractivity contribution is -0.125. The molecule has 2 aromatic rings. The van der Waals surface area contributed by atoms with Crippen molar-refractivity contribution in [2.45, 2.75) is 44.6 Å². The molecule has 2 aliphatic heterocycles. The number of rotatable bonds is 6. The van der Waals surface area contributed by atoms with E-state index in [0.29, 0.717) is 17.7 Å². The molecule has 2 saturated heterocycles. The smallest absolute Gasteiger partial charge is 0.225 e. The van der Waals surface area contributed by atoms with Gasteiger partial charge in [-0.3, -0.25) is 9.69 Å². The van der Waals surface area contributed by atoms with Crippen LogP contribution < -0.4 is 10.2 Å². The van der Waals surface area contributed by atoms with Crippen LogP contribution >= 0.6 is 11.6 Å². The molecule has 32 heavy (non-hydrogen) atoms. The lowest BCUT2D eigenvalue weighted by Crippen LogP contribution is -2.47. The molecule has 0 radical (unpaired) electrons. The van der Waals surface area contributed by atoms with Crippen molar-refractivity contribution >= 4 is 34.3 Å². The van der Waals surface area contributed by atoms with Crippen LogP contribution in [0.25, 0.3) is 11.0 Å². The van der Waals surface area contributed by atoms with Gasteiger partial charge in [-0.15, -0.1) is 0 Å². The zero-order valence-electron chi connectivity index (χ0n) is 18.6. The van der Waals surface area contributed by atoms with Crippen LogP contribution in [0.4, 0.5) is 5.82 Å². The largest absolute Gasteiger partial charge is 0.381 e. The molecule has 1 amide bonds. The average Bonchev–Trinajstić information content (AvgIpc) is 3.49. The molecule has 174 valence electrons. The molecule has 1 aromatic heterocycles. The van der Waals surface area contributed by atoms with Crippen LogP contribution in [0, 0.1) is 11.8 Å². The van der Waals surface area contributed by atoms with Gasteiger partial charge in [0.1, 0.15) is 0 Å². The van der Waals surface area contributed by atoms with Gasteiger partial charge in [-0.1, -0.05) is 16.8 Å². The number of carbonyl (C=O) groups excluding carboxylic acids is 1. The van der Waals surface area contributed by atoms with Gasteiger partial charge in [0.15, 0.2) is 11.4 Å². The van der Waals surface area contributed by atoms with E-state index in [2.05, 4.69) is 20.3 Å². The molecule has 1 N–H and O–H groups in total. The Hall–Kier alpha value is -1.83. The summed E-state index contributed by atoms with van der Waals surface area (Å²) in [7, 11) is 0. The van der Waals surface area contributed by atoms with Crippen molar-refractivity contribution in [2.24, 2.45) is 11.8 Å². The van der Waals surface area contributed by atoms with Gasteiger partial charge >= 0.3 is 0 Å². The summed E-state index contributed by atoms with van der Waals surface area (Å²) in [6, 6.07) is 6.07. The molecular formula is C24H33ClN4O3. The summed E-state index contributed by atoms with van der Waals surface area (Å²) in [5, 5.41) is 9.26. The van der Waals surface area contributed by atoms with Crippen molar-refractivity contribution in [3.63, 3.8) is 0 Å². The zero-order valence-corrected chi connectivity index (χ0v) is 19.4. The number of benzene rings is 1. The number of nitrogens with zero attached hydrogens (tertiary/aromatic N) is 3. The predicted molar refractivity (Wildman–Crippen MR) is 125 cm³/mol. The number of halogens is 1. The number of fused-ring (bicyclic) bond motifs is 1. The summed E-state index contributed by atoms with van der Waals surface area (Å²) in [5.74, 6) is 1.98. The van der Waals surface area contributed by atoms with E-state index in [0.717, 1.165) is 81.3 Å². The topological polar surface area (TPSA) is 70.8 Å². The van der Waals surface area contributed by atoms with Crippen LogP contribution in [0.1, 0.15) is 38.5 Å². The fourth-order valence-corrected chi connectivity index (χ4v) is 5.49. The summed E-state index contributed by atoms with van der Waals surface area (Å²) >= 11 is 6.06. The number of carbonyl (C=O) groups is 1. The van der Waals surface area contributed by atoms with Crippen molar-refractivity contribution in [1.82, 2.24) is 15.4 Å². The molecule has 3 heterocycles. The van der Waals surface area contributed by atoms with Gasteiger partial charge in [0, 0.05) is 49.9 Å². The van der Waals surface area contributed by atoms with Crippen molar-refractivity contribution in [3.05, 3.63) is 23.2 Å². The summed E-state index contributed by atoms with van der Waals surface area (Å²) in [5.41, 5.74) is 0.748. The van der Waals surface area contributed by atoms with Gasteiger partial charge in [-0.2, -0.15) is 0 Å². The van der Waals surface area contributed by atoms with Crippen LogP contribution in [0.5, 0.6) is 0 Å². The zero-order chi connectivity index (χ0) is 21.9. The van der Waals surface area contributed by atoms with E-state index in [9.17, 15) is 4.79 Å². The van der Waals surface area contributed by atoms with Gasteiger partial charge in [-0.05, 0) is 63.1 Å². The first kappa shape index (κ1) is 22.0. The maximum atomic E-state index is 12.3. The number of ether oxygens (including phenoxy) is 1. The van der Waals surface area contributed by atoms with E-state index < -0.39 is 0 Å². The third-order valence-electron chi connectivity index (χ3n) is 7.43. The Balaban J connectivity index is 1.02. The monoisotopic (exact) mass is 460 g/mol. The number of nitrogens with one attached hydrogen (secondary N) is 1. The maximum Gasteiger partial charge on any atom is 0.225 e. The fraction of sp³-hybridized carbons (Fsp3) is 0.667. The Bertz CT molecular complexity index is 913. The fourth-order valence-electron chi connectivity index (χ4n) is 5.33. The van der Waals surface area contributed by atoms with E-state index in [-0.39, 0.29) is 11.8 Å². The molecule has 3 aliphatic rings. The summed E-state index contributed by atoms with van der Waals surface area (Å²) < 4.78 is 10.8. The quantitative estimate of drug-likeness (QED) is 0.708. The van der Waals surface area contributed by atoms with Crippen molar-refractivity contribution in [2.75, 3.05) is 50.8 Å². The minimum atomic E-state index is 0.0689. The van der Waals surface area contributed by atoms with E-state index in [1.54, 1.807) is 0 Å². The van der Waals surface area contributed by atoms with E-state index >= 15 is 0 Å². The SMILES string of the molecule is O=C(N[C@H]1CC[C@H](CCN2CCN(c3noc4cc(Cl)ccc34)CC2)CC1)C1CCOC1. The van der Waals surface area contributed by atoms with E-state index in [1.807, 2.05) is 18.2 Å². The number of hydrogen-bond donors (Lipinski definition) is 1. The second kappa shape index (κ2) is 9.98. The van der Waals surface area contributed by atoms with Crippen LogP contribution in [-0.2, 0) is 9.53 Å². The Morgan fingerprint density at radius 2 is 1.94 bits per heavy atom. The molecular weight excluding hydrogens is 428 g/mol. The molecule has 1 saturated carbocycles. The Labute approximate surface area is 194 Å². The third-order valence-corrected chi connectivity index (χ3v) is 7.67. The second-order valence-electron chi connectivity index (χ2n) is 9.55. The molecule has 8 heteroatoms. The van der Waals surface area contributed by atoms with Crippen LogP contribution in [0.15, 0.2) is 22.7 Å². The van der Waals surface area contributed by atoms with Crippen LogP contribution in [0.3, 0.4) is 0 Å². The van der Waals surface area contributed by atoms with E-state index in [4.69, 9.17) is 20.9 Å². The minimum Gasteiger partial charge on any atom is -0.381 e. The highest BCUT2D eigenvalue weighted by atomic mass is 35.5. The summed E-state index contributed by atoms with van der Waals surface area (Å²) in [4.78, 5) is 17.2. The molecule has 3 fully saturated rings. The first-order chi connectivity index (χ1) is 15.7. The first-order valence-corrected chi connectivity index (χ1v) is 12.4. The predicted octanol–water partition coefficient (Wildman–Crippen LogP) is 3.70. The van der Waals surface area contributed by atoms with Gasteiger partial charge in [0.05, 0.1) is 17.9 Å².